The molecule has 0 aliphatic carbocycles. The van der Waals surface area contributed by atoms with Crippen LogP contribution in [0.2, 0.25) is 0 Å². The molecule has 0 atom stereocenters. The summed E-state index contributed by atoms with van der Waals surface area (Å²) in [4.78, 5) is 0.901. The maximum absolute atomic E-state index is 12.9. The third-order valence-corrected chi connectivity index (χ3v) is 6.79. The Morgan fingerprint density at radius 1 is 1.25 bits per heavy atom. The zero-order valence-corrected chi connectivity index (χ0v) is 14.4. The predicted octanol–water partition coefficient (Wildman–Crippen LogP) is 3.04. The SMILES string of the molecule is CCC(CC)N(CC(C)C)S(=O)(=O)c1ccc(CN)s1. The molecule has 1 rings (SSSR count). The van der Waals surface area contributed by atoms with Crippen LogP contribution in [0.3, 0.4) is 0 Å². The van der Waals surface area contributed by atoms with E-state index in [1.54, 1.807) is 16.4 Å². The lowest BCUT2D eigenvalue weighted by Gasteiger charge is -2.30. The van der Waals surface area contributed by atoms with Gasteiger partial charge in [0.25, 0.3) is 10.0 Å². The van der Waals surface area contributed by atoms with Gasteiger partial charge in [-0.25, -0.2) is 8.42 Å². The van der Waals surface area contributed by atoms with Gasteiger partial charge in [0, 0.05) is 24.0 Å². The van der Waals surface area contributed by atoms with Gasteiger partial charge >= 0.3 is 0 Å². The molecular formula is C14H26N2O2S2. The molecule has 0 amide bonds. The lowest BCUT2D eigenvalue weighted by atomic mass is 10.1. The van der Waals surface area contributed by atoms with E-state index in [0.29, 0.717) is 23.2 Å². The number of nitrogens with two attached hydrogens (primary N) is 1. The standard InChI is InChI=1S/C14H26N2O2S2/c1-5-12(6-2)16(10-11(3)4)20(17,18)14-8-7-13(9-15)19-14/h7-8,11-12H,5-6,9-10,15H2,1-4H3. The number of hydrogen-bond donors (Lipinski definition) is 1. The first kappa shape index (κ1) is 17.6. The highest BCUT2D eigenvalue weighted by Gasteiger charge is 2.31. The van der Waals surface area contributed by atoms with Crippen molar-refractivity contribution >= 4 is 21.4 Å². The summed E-state index contributed by atoms with van der Waals surface area (Å²) in [5.41, 5.74) is 5.58. The second-order valence-corrected chi connectivity index (χ2v) is 8.65. The van der Waals surface area contributed by atoms with Crippen molar-refractivity contribution in [3.8, 4) is 0 Å². The van der Waals surface area contributed by atoms with Crippen molar-refractivity contribution in [2.75, 3.05) is 6.54 Å². The zero-order valence-electron chi connectivity index (χ0n) is 12.8. The molecule has 0 bridgehead atoms. The molecule has 0 radical (unpaired) electrons. The van der Waals surface area contributed by atoms with Crippen molar-refractivity contribution in [2.24, 2.45) is 11.7 Å². The second-order valence-electron chi connectivity index (χ2n) is 5.36. The summed E-state index contributed by atoms with van der Waals surface area (Å²) in [6, 6.07) is 3.54. The molecule has 116 valence electrons. The van der Waals surface area contributed by atoms with Crippen molar-refractivity contribution in [1.82, 2.24) is 4.31 Å². The molecule has 0 aliphatic heterocycles. The molecule has 1 aromatic rings. The minimum absolute atomic E-state index is 0.0610. The van der Waals surface area contributed by atoms with Crippen LogP contribution < -0.4 is 5.73 Å². The average Bonchev–Trinajstić information content (AvgIpc) is 2.88. The van der Waals surface area contributed by atoms with E-state index in [9.17, 15) is 8.42 Å². The summed E-state index contributed by atoms with van der Waals surface area (Å²) in [5.74, 6) is 0.305. The summed E-state index contributed by atoms with van der Waals surface area (Å²) in [5, 5.41) is 0. The van der Waals surface area contributed by atoms with Crippen molar-refractivity contribution in [3.63, 3.8) is 0 Å². The molecule has 0 aliphatic rings. The summed E-state index contributed by atoms with van der Waals surface area (Å²) >= 11 is 1.28. The molecule has 1 aromatic heterocycles. The third kappa shape index (κ3) is 4.04. The smallest absolute Gasteiger partial charge is 0.252 e. The molecule has 6 heteroatoms. The highest BCUT2D eigenvalue weighted by molar-refractivity contribution is 7.91. The van der Waals surface area contributed by atoms with Crippen LogP contribution in [0.15, 0.2) is 16.3 Å². The molecule has 0 fully saturated rings. The Balaban J connectivity index is 3.15. The molecule has 0 saturated carbocycles. The van der Waals surface area contributed by atoms with Gasteiger partial charge in [0.1, 0.15) is 4.21 Å². The first-order valence-electron chi connectivity index (χ1n) is 7.17. The van der Waals surface area contributed by atoms with Crippen LogP contribution in [-0.2, 0) is 16.6 Å². The maximum Gasteiger partial charge on any atom is 0.252 e. The highest BCUT2D eigenvalue weighted by Crippen LogP contribution is 2.28. The van der Waals surface area contributed by atoms with E-state index >= 15 is 0 Å². The number of hydrogen-bond acceptors (Lipinski definition) is 4. The molecule has 0 unspecified atom stereocenters. The minimum atomic E-state index is -3.41. The van der Waals surface area contributed by atoms with Crippen molar-refractivity contribution in [2.45, 2.75) is 57.3 Å². The Labute approximate surface area is 127 Å². The maximum atomic E-state index is 12.9. The van der Waals surface area contributed by atoms with Gasteiger partial charge in [-0.3, -0.25) is 0 Å². The van der Waals surface area contributed by atoms with Gasteiger partial charge in [0.2, 0.25) is 0 Å². The van der Waals surface area contributed by atoms with Crippen molar-refractivity contribution in [1.29, 1.82) is 0 Å². The van der Waals surface area contributed by atoms with Crippen LogP contribution in [0, 0.1) is 5.92 Å². The van der Waals surface area contributed by atoms with Crippen LogP contribution in [-0.4, -0.2) is 25.3 Å². The second kappa shape index (κ2) is 7.54. The van der Waals surface area contributed by atoms with E-state index in [0.717, 1.165) is 17.7 Å². The fraction of sp³-hybridized carbons (Fsp3) is 0.714. The van der Waals surface area contributed by atoms with Crippen LogP contribution >= 0.6 is 11.3 Å². The summed E-state index contributed by atoms with van der Waals surface area (Å²) < 4.78 is 27.8. The molecule has 0 aromatic carbocycles. The van der Waals surface area contributed by atoms with E-state index in [2.05, 4.69) is 0 Å². The Hall–Kier alpha value is -0.430. The molecule has 0 saturated heterocycles. The van der Waals surface area contributed by atoms with Crippen molar-refractivity contribution in [3.05, 3.63) is 17.0 Å². The number of thiophene rings is 1. The fourth-order valence-electron chi connectivity index (χ4n) is 2.22. The normalized spacial score (nSPS) is 12.8. The van der Waals surface area contributed by atoms with E-state index in [4.69, 9.17) is 5.73 Å². The molecule has 20 heavy (non-hydrogen) atoms. The van der Waals surface area contributed by atoms with E-state index in [-0.39, 0.29) is 6.04 Å². The number of nitrogens with zero attached hydrogens (tertiary/aromatic N) is 1. The van der Waals surface area contributed by atoms with Crippen LogP contribution in [0.1, 0.15) is 45.4 Å². The van der Waals surface area contributed by atoms with Crippen LogP contribution in [0.4, 0.5) is 0 Å². The minimum Gasteiger partial charge on any atom is -0.326 e. The molecule has 4 nitrogen and oxygen atoms in total. The van der Waals surface area contributed by atoms with Gasteiger partial charge < -0.3 is 5.73 Å². The first-order chi connectivity index (χ1) is 9.36. The Kier molecular flexibility index (Phi) is 6.64. The monoisotopic (exact) mass is 318 g/mol. The van der Waals surface area contributed by atoms with Crippen molar-refractivity contribution < 1.29 is 8.42 Å². The molecule has 0 spiro atoms. The first-order valence-corrected chi connectivity index (χ1v) is 9.43. The molecule has 1 heterocycles. The van der Waals surface area contributed by atoms with Gasteiger partial charge in [0.05, 0.1) is 0 Å². The van der Waals surface area contributed by atoms with E-state index in [1.165, 1.54) is 11.3 Å². The third-order valence-electron chi connectivity index (χ3n) is 3.30. The molecular weight excluding hydrogens is 292 g/mol. The Morgan fingerprint density at radius 2 is 1.85 bits per heavy atom. The van der Waals surface area contributed by atoms with Gasteiger partial charge in [-0.1, -0.05) is 27.7 Å². The average molecular weight is 319 g/mol. The van der Waals surface area contributed by atoms with Crippen LogP contribution in [0.5, 0.6) is 0 Å². The van der Waals surface area contributed by atoms with Gasteiger partial charge in [-0.05, 0) is 30.9 Å². The largest absolute Gasteiger partial charge is 0.326 e. The van der Waals surface area contributed by atoms with E-state index < -0.39 is 10.0 Å². The summed E-state index contributed by atoms with van der Waals surface area (Å²) in [7, 11) is -3.41. The number of sulfonamides is 1. The predicted molar refractivity (Wildman–Crippen MR) is 85.3 cm³/mol. The van der Waals surface area contributed by atoms with Crippen LogP contribution in [0.25, 0.3) is 0 Å². The topological polar surface area (TPSA) is 63.4 Å². The molecule has 2 N–H and O–H groups in total. The number of rotatable bonds is 8. The fourth-order valence-corrected chi connectivity index (χ4v) is 5.52. The lowest BCUT2D eigenvalue weighted by Crippen LogP contribution is -2.41. The summed E-state index contributed by atoms with van der Waals surface area (Å²) in [6.45, 7) is 9.11. The van der Waals surface area contributed by atoms with Gasteiger partial charge in [-0.2, -0.15) is 4.31 Å². The van der Waals surface area contributed by atoms with Gasteiger partial charge in [0.15, 0.2) is 0 Å². The zero-order chi connectivity index (χ0) is 15.3. The Bertz CT molecular complexity index is 505. The Morgan fingerprint density at radius 3 is 2.25 bits per heavy atom. The quantitative estimate of drug-likeness (QED) is 0.801. The van der Waals surface area contributed by atoms with E-state index in [1.807, 2.05) is 27.7 Å². The lowest BCUT2D eigenvalue weighted by molar-refractivity contribution is 0.277. The summed E-state index contributed by atoms with van der Waals surface area (Å²) in [6.07, 6.45) is 1.66. The van der Waals surface area contributed by atoms with Gasteiger partial charge in [-0.15, -0.1) is 11.3 Å². The highest BCUT2D eigenvalue weighted by atomic mass is 32.2.